The third-order valence-corrected chi connectivity index (χ3v) is 4.90. The molecule has 1 aromatic carbocycles. The van der Waals surface area contributed by atoms with Crippen LogP contribution in [0.1, 0.15) is 25.3 Å². The lowest BCUT2D eigenvalue weighted by molar-refractivity contribution is -0.138. The van der Waals surface area contributed by atoms with Crippen LogP contribution in [0.15, 0.2) is 30.6 Å². The van der Waals surface area contributed by atoms with Gasteiger partial charge in [0, 0.05) is 44.1 Å². The minimum absolute atomic E-state index is 0.0239. The maximum atomic E-state index is 11.7. The number of rotatable bonds is 5. The number of amides is 1. The summed E-state index contributed by atoms with van der Waals surface area (Å²) >= 11 is 0. The van der Waals surface area contributed by atoms with Gasteiger partial charge in [0.25, 0.3) is 0 Å². The molecule has 2 heterocycles. The molecule has 1 amide bonds. The van der Waals surface area contributed by atoms with E-state index in [0.29, 0.717) is 42.2 Å². The zero-order chi connectivity index (χ0) is 20.1. The Balaban J connectivity index is 1.75. The second-order valence-electron chi connectivity index (χ2n) is 6.72. The van der Waals surface area contributed by atoms with Gasteiger partial charge in [-0.3, -0.25) is 4.79 Å². The lowest BCUT2D eigenvalue weighted by Crippen LogP contribution is -2.48. The number of hydrogen-bond acceptors (Lipinski definition) is 7. The first-order valence-electron chi connectivity index (χ1n) is 9.17. The van der Waals surface area contributed by atoms with Gasteiger partial charge in [-0.25, -0.2) is 9.97 Å². The van der Waals surface area contributed by atoms with E-state index in [1.165, 1.54) is 6.33 Å². The molecule has 1 aromatic heterocycles. The van der Waals surface area contributed by atoms with Gasteiger partial charge in [-0.2, -0.15) is 5.26 Å². The van der Waals surface area contributed by atoms with Gasteiger partial charge in [-0.1, -0.05) is 0 Å². The van der Waals surface area contributed by atoms with Crippen molar-refractivity contribution in [3.63, 3.8) is 0 Å². The van der Waals surface area contributed by atoms with E-state index >= 15 is 0 Å². The summed E-state index contributed by atoms with van der Waals surface area (Å²) in [5.41, 5.74) is 1.95. The Bertz CT molecular complexity index is 896. The van der Waals surface area contributed by atoms with E-state index in [1.807, 2.05) is 19.1 Å². The average molecular weight is 381 g/mol. The highest BCUT2D eigenvalue weighted by Crippen LogP contribution is 2.29. The average Bonchev–Trinajstić information content (AvgIpc) is 2.73. The standard InChI is InChI=1S/C20H23N5O3/c1-13-7-16(5-6-25(13)20(27)11-26)28-18-4-3-14(8-15(18)10-21)17-9-19(22-2)24-12-23-17/h3-4,8-9,12-13,16,26H,5-7,11H2,1-2H3,(H,22,23,24). The lowest BCUT2D eigenvalue weighted by Gasteiger charge is -2.37. The molecule has 1 aliphatic heterocycles. The number of nitrogens with zero attached hydrogens (tertiary/aromatic N) is 4. The molecular formula is C20H23N5O3. The molecule has 0 saturated carbocycles. The summed E-state index contributed by atoms with van der Waals surface area (Å²) in [5, 5.41) is 21.6. The maximum Gasteiger partial charge on any atom is 0.248 e. The Kier molecular flexibility index (Phi) is 6.06. The molecule has 2 aromatic rings. The summed E-state index contributed by atoms with van der Waals surface area (Å²) in [6.45, 7) is 1.99. The minimum Gasteiger partial charge on any atom is -0.489 e. The number of hydrogen-bond donors (Lipinski definition) is 2. The number of piperidine rings is 1. The summed E-state index contributed by atoms with van der Waals surface area (Å²) in [5.74, 6) is 0.953. The Labute approximate surface area is 163 Å². The van der Waals surface area contributed by atoms with Crippen molar-refractivity contribution in [1.29, 1.82) is 5.26 Å². The van der Waals surface area contributed by atoms with Gasteiger partial charge in [0.05, 0.1) is 11.3 Å². The Morgan fingerprint density at radius 1 is 1.43 bits per heavy atom. The van der Waals surface area contributed by atoms with E-state index < -0.39 is 6.61 Å². The van der Waals surface area contributed by atoms with Crippen molar-refractivity contribution in [2.24, 2.45) is 0 Å². The number of carbonyl (C=O) groups excluding carboxylic acids is 1. The summed E-state index contributed by atoms with van der Waals surface area (Å²) in [6, 6.07) is 9.38. The van der Waals surface area contributed by atoms with Crippen molar-refractivity contribution < 1.29 is 14.6 Å². The normalized spacial score (nSPS) is 19.0. The number of likely N-dealkylation sites (tertiary alicyclic amines) is 1. The summed E-state index contributed by atoms with van der Waals surface area (Å²) in [4.78, 5) is 21.8. The second kappa shape index (κ2) is 8.67. The SMILES string of the molecule is CNc1cc(-c2ccc(OC3CCN(C(=O)CO)C(C)C3)c(C#N)c2)ncn1. The largest absolute Gasteiger partial charge is 0.489 e. The molecule has 8 nitrogen and oxygen atoms in total. The predicted octanol–water partition coefficient (Wildman–Crippen LogP) is 1.81. The van der Waals surface area contributed by atoms with Crippen LogP contribution in [0.4, 0.5) is 5.82 Å². The third-order valence-electron chi connectivity index (χ3n) is 4.90. The number of aromatic nitrogens is 2. The van der Waals surface area contributed by atoms with Gasteiger partial charge >= 0.3 is 0 Å². The highest BCUT2D eigenvalue weighted by molar-refractivity contribution is 5.77. The van der Waals surface area contributed by atoms with E-state index in [2.05, 4.69) is 21.4 Å². The van der Waals surface area contributed by atoms with Crippen LogP contribution >= 0.6 is 0 Å². The second-order valence-corrected chi connectivity index (χ2v) is 6.72. The van der Waals surface area contributed by atoms with Crippen LogP contribution in [0, 0.1) is 11.3 Å². The highest BCUT2D eigenvalue weighted by Gasteiger charge is 2.29. The van der Waals surface area contributed by atoms with Gasteiger partial charge in [-0.15, -0.1) is 0 Å². The Morgan fingerprint density at radius 2 is 2.25 bits per heavy atom. The Morgan fingerprint density at radius 3 is 2.93 bits per heavy atom. The smallest absolute Gasteiger partial charge is 0.248 e. The van der Waals surface area contributed by atoms with Gasteiger partial charge in [0.15, 0.2) is 0 Å². The number of aliphatic hydroxyl groups excluding tert-OH is 1. The molecule has 28 heavy (non-hydrogen) atoms. The number of benzene rings is 1. The number of aliphatic hydroxyl groups is 1. The van der Waals surface area contributed by atoms with E-state index in [9.17, 15) is 10.1 Å². The van der Waals surface area contributed by atoms with Crippen LogP contribution in [0.5, 0.6) is 5.75 Å². The number of carbonyl (C=O) groups is 1. The van der Waals surface area contributed by atoms with Crippen molar-refractivity contribution in [3.8, 4) is 23.1 Å². The monoisotopic (exact) mass is 381 g/mol. The first-order valence-corrected chi connectivity index (χ1v) is 9.17. The van der Waals surface area contributed by atoms with Crippen molar-refractivity contribution in [2.75, 3.05) is 25.5 Å². The van der Waals surface area contributed by atoms with Crippen LogP contribution < -0.4 is 10.1 Å². The van der Waals surface area contributed by atoms with E-state index in [4.69, 9.17) is 9.84 Å². The topological polar surface area (TPSA) is 111 Å². The molecule has 0 radical (unpaired) electrons. The minimum atomic E-state index is -0.478. The Hall–Kier alpha value is -3.18. The van der Waals surface area contributed by atoms with Crippen LogP contribution in [0.2, 0.25) is 0 Å². The molecule has 1 fully saturated rings. The summed E-state index contributed by atoms with van der Waals surface area (Å²) in [6.07, 6.45) is 2.68. The van der Waals surface area contributed by atoms with Crippen LogP contribution in [0.25, 0.3) is 11.3 Å². The fourth-order valence-electron chi connectivity index (χ4n) is 3.41. The fourth-order valence-corrected chi connectivity index (χ4v) is 3.41. The van der Waals surface area contributed by atoms with Gasteiger partial charge in [0.2, 0.25) is 5.91 Å². The summed E-state index contributed by atoms with van der Waals surface area (Å²) in [7, 11) is 1.78. The van der Waals surface area contributed by atoms with E-state index in [0.717, 1.165) is 5.56 Å². The molecule has 2 atom stereocenters. The third kappa shape index (κ3) is 4.21. The van der Waals surface area contributed by atoms with Crippen molar-refractivity contribution >= 4 is 11.7 Å². The molecule has 2 unspecified atom stereocenters. The first kappa shape index (κ1) is 19.6. The van der Waals surface area contributed by atoms with E-state index in [1.54, 1.807) is 24.1 Å². The molecule has 146 valence electrons. The molecule has 2 N–H and O–H groups in total. The highest BCUT2D eigenvalue weighted by atomic mass is 16.5. The molecule has 3 rings (SSSR count). The number of nitrogens with one attached hydrogen (secondary N) is 1. The molecule has 1 aliphatic rings. The van der Waals surface area contributed by atoms with Crippen molar-refractivity contribution in [3.05, 3.63) is 36.2 Å². The van der Waals surface area contributed by atoms with Crippen LogP contribution in [-0.2, 0) is 4.79 Å². The molecule has 0 spiro atoms. The zero-order valence-electron chi connectivity index (χ0n) is 15.9. The number of anilines is 1. The quantitative estimate of drug-likeness (QED) is 0.812. The number of ether oxygens (including phenoxy) is 1. The predicted molar refractivity (Wildman–Crippen MR) is 104 cm³/mol. The van der Waals surface area contributed by atoms with Gasteiger partial charge in [-0.05, 0) is 25.1 Å². The van der Waals surface area contributed by atoms with Crippen LogP contribution in [0.3, 0.4) is 0 Å². The molecule has 8 heteroatoms. The lowest BCUT2D eigenvalue weighted by atomic mass is 10.00. The summed E-state index contributed by atoms with van der Waals surface area (Å²) < 4.78 is 6.08. The van der Waals surface area contributed by atoms with E-state index in [-0.39, 0.29) is 18.1 Å². The van der Waals surface area contributed by atoms with Crippen LogP contribution in [-0.4, -0.2) is 58.2 Å². The first-order chi connectivity index (χ1) is 13.5. The fraction of sp³-hybridized carbons (Fsp3) is 0.400. The maximum absolute atomic E-state index is 11.7. The van der Waals surface area contributed by atoms with Gasteiger partial charge < -0.3 is 20.1 Å². The van der Waals surface area contributed by atoms with Gasteiger partial charge in [0.1, 0.15) is 36.7 Å². The molecule has 0 aliphatic carbocycles. The van der Waals surface area contributed by atoms with Crippen molar-refractivity contribution in [1.82, 2.24) is 14.9 Å². The zero-order valence-corrected chi connectivity index (χ0v) is 15.9. The molecule has 1 saturated heterocycles. The number of nitriles is 1. The van der Waals surface area contributed by atoms with Crippen molar-refractivity contribution in [2.45, 2.75) is 31.9 Å². The molecule has 0 bridgehead atoms. The molecular weight excluding hydrogens is 358 g/mol.